The van der Waals surface area contributed by atoms with E-state index in [-0.39, 0.29) is 17.0 Å². The number of carbonyl (C=O) groups is 1. The number of ether oxygens (including phenoxy) is 1. The van der Waals surface area contributed by atoms with Crippen LogP contribution in [0, 0.1) is 11.7 Å². The largest absolute Gasteiger partial charge is 0.439 e. The van der Waals surface area contributed by atoms with Crippen LogP contribution in [0.4, 0.5) is 10.2 Å². The molecule has 2 aromatic rings. The Morgan fingerprint density at radius 2 is 1.97 bits per heavy atom. The number of aromatic nitrogens is 2. The minimum absolute atomic E-state index is 0.00522. The summed E-state index contributed by atoms with van der Waals surface area (Å²) in [6.45, 7) is 4.19. The number of amides is 1. The van der Waals surface area contributed by atoms with Crippen molar-refractivity contribution in [3.8, 4) is 11.6 Å². The summed E-state index contributed by atoms with van der Waals surface area (Å²) in [5.41, 5.74) is 0. The predicted molar refractivity (Wildman–Crippen MR) is 113 cm³/mol. The molecular weight excluding hydrogens is 407 g/mol. The molecule has 1 aliphatic heterocycles. The highest BCUT2D eigenvalue weighted by Gasteiger charge is 2.32. The van der Waals surface area contributed by atoms with Crippen LogP contribution in [0.25, 0.3) is 0 Å². The average molecular weight is 433 g/mol. The summed E-state index contributed by atoms with van der Waals surface area (Å²) in [7, 11) is 0. The van der Waals surface area contributed by atoms with Crippen molar-refractivity contribution >= 4 is 23.3 Å². The molecule has 1 atom stereocenters. The molecule has 2 aliphatic rings. The van der Waals surface area contributed by atoms with Crippen LogP contribution in [0.2, 0.25) is 5.02 Å². The number of nitrogens with zero attached hydrogens (tertiary/aromatic N) is 4. The molecule has 1 saturated heterocycles. The molecule has 160 valence electrons. The summed E-state index contributed by atoms with van der Waals surface area (Å²) in [5, 5.41) is -0.00522. The second-order valence-electron chi connectivity index (χ2n) is 8.05. The summed E-state index contributed by atoms with van der Waals surface area (Å²) in [4.78, 5) is 25.6. The predicted octanol–water partition coefficient (Wildman–Crippen LogP) is 4.68. The van der Waals surface area contributed by atoms with Gasteiger partial charge in [0, 0.05) is 43.7 Å². The van der Waals surface area contributed by atoms with Gasteiger partial charge in [-0.3, -0.25) is 4.79 Å². The van der Waals surface area contributed by atoms with Gasteiger partial charge in [0.05, 0.1) is 5.02 Å². The summed E-state index contributed by atoms with van der Waals surface area (Å²) in [6, 6.07) is 6.03. The van der Waals surface area contributed by atoms with E-state index >= 15 is 0 Å². The fraction of sp³-hybridized carbons (Fsp3) is 0.500. The molecule has 8 heteroatoms. The van der Waals surface area contributed by atoms with Gasteiger partial charge in [-0.25, -0.2) is 14.4 Å². The van der Waals surface area contributed by atoms with Crippen LogP contribution in [0.1, 0.15) is 39.0 Å². The number of piperazine rings is 1. The maximum Gasteiger partial charge on any atom is 0.226 e. The Kier molecular flexibility index (Phi) is 6.37. The van der Waals surface area contributed by atoms with E-state index in [4.69, 9.17) is 16.3 Å². The van der Waals surface area contributed by atoms with Gasteiger partial charge in [0.1, 0.15) is 23.7 Å². The van der Waals surface area contributed by atoms with Crippen LogP contribution in [0.3, 0.4) is 0 Å². The van der Waals surface area contributed by atoms with E-state index in [0.717, 1.165) is 31.5 Å². The quantitative estimate of drug-likeness (QED) is 0.702. The van der Waals surface area contributed by atoms with Crippen LogP contribution in [-0.2, 0) is 4.79 Å². The van der Waals surface area contributed by atoms with Crippen molar-refractivity contribution in [2.24, 2.45) is 5.92 Å². The first-order valence-corrected chi connectivity index (χ1v) is 10.9. The van der Waals surface area contributed by atoms with Gasteiger partial charge < -0.3 is 14.5 Å². The number of benzene rings is 1. The van der Waals surface area contributed by atoms with Gasteiger partial charge in [-0.05, 0) is 31.9 Å². The lowest BCUT2D eigenvalue weighted by molar-refractivity contribution is -0.139. The smallest absolute Gasteiger partial charge is 0.226 e. The van der Waals surface area contributed by atoms with Crippen LogP contribution in [0.5, 0.6) is 11.6 Å². The second kappa shape index (κ2) is 9.16. The highest BCUT2D eigenvalue weighted by atomic mass is 35.5. The number of hydrogen-bond donors (Lipinski definition) is 0. The lowest BCUT2D eigenvalue weighted by Gasteiger charge is -2.42. The molecule has 2 fully saturated rings. The monoisotopic (exact) mass is 432 g/mol. The van der Waals surface area contributed by atoms with Gasteiger partial charge in [0.25, 0.3) is 0 Å². The normalized spacial score (nSPS) is 20.3. The zero-order valence-electron chi connectivity index (χ0n) is 17.1. The third-order valence-corrected chi connectivity index (χ3v) is 6.22. The molecule has 4 rings (SSSR count). The third kappa shape index (κ3) is 4.67. The first kappa shape index (κ1) is 20.8. The molecule has 2 heterocycles. The maximum atomic E-state index is 13.3. The van der Waals surface area contributed by atoms with Gasteiger partial charge in [-0.15, -0.1) is 0 Å². The van der Waals surface area contributed by atoms with Crippen LogP contribution < -0.4 is 9.64 Å². The number of carbonyl (C=O) groups excluding carboxylic acids is 1. The molecule has 6 nitrogen and oxygen atoms in total. The molecule has 30 heavy (non-hydrogen) atoms. The fourth-order valence-electron chi connectivity index (χ4n) is 4.30. The van der Waals surface area contributed by atoms with Crippen LogP contribution in [-0.4, -0.2) is 46.5 Å². The van der Waals surface area contributed by atoms with E-state index in [0.29, 0.717) is 37.2 Å². The van der Waals surface area contributed by atoms with E-state index in [1.165, 1.54) is 30.9 Å². The summed E-state index contributed by atoms with van der Waals surface area (Å²) in [6.07, 6.45) is 7.05. The molecule has 0 spiro atoms. The minimum atomic E-state index is -0.498. The first-order chi connectivity index (χ1) is 14.5. The van der Waals surface area contributed by atoms with Crippen molar-refractivity contribution in [2.45, 2.75) is 45.1 Å². The van der Waals surface area contributed by atoms with Gasteiger partial charge in [0.15, 0.2) is 0 Å². The number of hydrogen-bond acceptors (Lipinski definition) is 5. The molecule has 1 aliphatic carbocycles. The standard InChI is InChI=1S/C22H26ClFN4O2/c1-15-13-27(9-10-28(15)22(29)16-5-3-2-4-6-16)20-12-21(26-14-25-20)30-17-7-8-19(24)18(23)11-17/h7-8,11-12,14-16H,2-6,9-10,13H2,1H3. The molecule has 0 N–H and O–H groups in total. The highest BCUT2D eigenvalue weighted by Crippen LogP contribution is 2.29. The summed E-state index contributed by atoms with van der Waals surface area (Å²) >= 11 is 5.82. The molecular formula is C22H26ClFN4O2. The van der Waals surface area contributed by atoms with Crippen molar-refractivity contribution in [2.75, 3.05) is 24.5 Å². The second-order valence-corrected chi connectivity index (χ2v) is 8.46. The summed E-state index contributed by atoms with van der Waals surface area (Å²) < 4.78 is 19.1. The zero-order valence-corrected chi connectivity index (χ0v) is 17.8. The van der Waals surface area contributed by atoms with E-state index < -0.39 is 5.82 Å². The molecule has 0 radical (unpaired) electrons. The van der Waals surface area contributed by atoms with Gasteiger partial charge in [-0.2, -0.15) is 0 Å². The average Bonchev–Trinajstić information content (AvgIpc) is 2.76. The SMILES string of the molecule is CC1CN(c2cc(Oc3ccc(F)c(Cl)c3)ncn2)CCN1C(=O)C1CCCCC1. The molecule has 0 bridgehead atoms. The Morgan fingerprint density at radius 3 is 2.70 bits per heavy atom. The van der Waals surface area contributed by atoms with E-state index in [2.05, 4.69) is 21.8 Å². The Morgan fingerprint density at radius 1 is 1.17 bits per heavy atom. The topological polar surface area (TPSA) is 58.6 Å². The van der Waals surface area contributed by atoms with Crippen LogP contribution >= 0.6 is 11.6 Å². The van der Waals surface area contributed by atoms with E-state index in [1.54, 1.807) is 6.07 Å². The molecule has 1 aromatic carbocycles. The van der Waals surface area contributed by atoms with Crippen LogP contribution in [0.15, 0.2) is 30.6 Å². The fourth-order valence-corrected chi connectivity index (χ4v) is 4.47. The van der Waals surface area contributed by atoms with Crippen molar-refractivity contribution in [3.05, 3.63) is 41.4 Å². The van der Waals surface area contributed by atoms with Crippen molar-refractivity contribution in [1.82, 2.24) is 14.9 Å². The van der Waals surface area contributed by atoms with Gasteiger partial charge >= 0.3 is 0 Å². The van der Waals surface area contributed by atoms with Crippen molar-refractivity contribution in [1.29, 1.82) is 0 Å². The highest BCUT2D eigenvalue weighted by molar-refractivity contribution is 6.30. The molecule has 1 saturated carbocycles. The number of rotatable bonds is 4. The Bertz CT molecular complexity index is 906. The lowest BCUT2D eigenvalue weighted by Crippen LogP contribution is -2.55. The molecule has 1 aromatic heterocycles. The van der Waals surface area contributed by atoms with Crippen molar-refractivity contribution in [3.63, 3.8) is 0 Å². The molecule has 1 amide bonds. The zero-order chi connectivity index (χ0) is 21.1. The maximum absolute atomic E-state index is 13.3. The van der Waals surface area contributed by atoms with E-state index in [1.807, 2.05) is 4.90 Å². The van der Waals surface area contributed by atoms with Gasteiger partial charge in [0.2, 0.25) is 11.8 Å². The number of anilines is 1. The van der Waals surface area contributed by atoms with E-state index in [9.17, 15) is 9.18 Å². The summed E-state index contributed by atoms with van der Waals surface area (Å²) in [5.74, 6) is 1.50. The lowest BCUT2D eigenvalue weighted by atomic mass is 9.88. The minimum Gasteiger partial charge on any atom is -0.439 e. The Labute approximate surface area is 181 Å². The number of halogens is 2. The van der Waals surface area contributed by atoms with Gasteiger partial charge in [-0.1, -0.05) is 30.9 Å². The Hall–Kier alpha value is -2.41. The first-order valence-electron chi connectivity index (χ1n) is 10.5. The van der Waals surface area contributed by atoms with Crippen molar-refractivity contribution < 1.29 is 13.9 Å². The molecule has 1 unspecified atom stereocenters. The third-order valence-electron chi connectivity index (χ3n) is 5.93. The Balaban J connectivity index is 1.41.